The van der Waals surface area contributed by atoms with Crippen LogP contribution >= 0.6 is 11.6 Å². The van der Waals surface area contributed by atoms with Crippen molar-refractivity contribution in [2.45, 2.75) is 0 Å². The molecule has 0 saturated heterocycles. The summed E-state index contributed by atoms with van der Waals surface area (Å²) < 4.78 is 0. The average molecular weight is 368 g/mol. The molecule has 0 fully saturated rings. The van der Waals surface area contributed by atoms with Crippen molar-refractivity contribution < 1.29 is 19.8 Å². The third-order valence-electron chi connectivity index (χ3n) is 3.80. The monoisotopic (exact) mass is 367 g/mol. The number of carboxylic acid groups (broad SMARTS) is 1. The molecule has 0 heterocycles. The van der Waals surface area contributed by atoms with E-state index in [9.17, 15) is 19.8 Å². The highest BCUT2D eigenvalue weighted by Gasteiger charge is 2.20. The van der Waals surface area contributed by atoms with Crippen molar-refractivity contribution in [3.63, 3.8) is 0 Å². The lowest BCUT2D eigenvalue weighted by atomic mass is 9.97. The van der Waals surface area contributed by atoms with E-state index in [1.54, 1.807) is 30.3 Å². The van der Waals surface area contributed by atoms with E-state index in [1.165, 1.54) is 30.3 Å². The summed E-state index contributed by atoms with van der Waals surface area (Å²) in [7, 11) is 0. The van der Waals surface area contributed by atoms with Gasteiger partial charge in [0.1, 0.15) is 5.75 Å². The molecule has 0 amide bonds. The van der Waals surface area contributed by atoms with E-state index in [-0.39, 0.29) is 22.4 Å². The molecule has 0 saturated carbocycles. The summed E-state index contributed by atoms with van der Waals surface area (Å²) in [5.41, 5.74) is 1.11. The van der Waals surface area contributed by atoms with Crippen LogP contribution in [0.1, 0.15) is 26.3 Å². The van der Waals surface area contributed by atoms with Crippen molar-refractivity contribution in [2.24, 2.45) is 0 Å². The van der Waals surface area contributed by atoms with Crippen LogP contribution in [0, 0.1) is 0 Å². The molecule has 5 nitrogen and oxygen atoms in total. The number of aromatic carboxylic acids is 1. The van der Waals surface area contributed by atoms with Gasteiger partial charge in [-0.25, -0.2) is 4.79 Å². The van der Waals surface area contributed by atoms with Gasteiger partial charge in [0.15, 0.2) is 5.78 Å². The van der Waals surface area contributed by atoms with E-state index in [1.807, 2.05) is 6.07 Å². The molecule has 6 heteroatoms. The Kier molecular flexibility index (Phi) is 4.91. The molecular formula is C20H14ClNO4. The molecule has 130 valence electrons. The number of carbonyl (C=O) groups is 2. The SMILES string of the molecule is O=C(O)c1ccccc1C(=O)c1ccc(Nc2ccccc2Cl)cc1O. The second kappa shape index (κ2) is 7.29. The normalized spacial score (nSPS) is 10.3. The van der Waals surface area contributed by atoms with Crippen LogP contribution in [0.25, 0.3) is 0 Å². The Morgan fingerprint density at radius 3 is 2.15 bits per heavy atom. The number of para-hydroxylation sites is 1. The minimum Gasteiger partial charge on any atom is -0.507 e. The van der Waals surface area contributed by atoms with Gasteiger partial charge in [0.2, 0.25) is 0 Å². The van der Waals surface area contributed by atoms with Crippen molar-refractivity contribution in [3.05, 3.63) is 88.4 Å². The molecule has 0 unspecified atom stereocenters. The van der Waals surface area contributed by atoms with Crippen LogP contribution < -0.4 is 5.32 Å². The Morgan fingerprint density at radius 1 is 0.846 bits per heavy atom. The number of aromatic hydroxyl groups is 1. The maximum Gasteiger partial charge on any atom is 0.336 e. The number of anilines is 2. The summed E-state index contributed by atoms with van der Waals surface area (Å²) in [5.74, 6) is -2.03. The standard InChI is InChI=1S/C20H14ClNO4/c21-16-7-3-4-8-17(16)22-12-9-10-15(18(23)11-12)19(24)13-5-1-2-6-14(13)20(25)26/h1-11,22-23H,(H,25,26). The molecule has 0 spiro atoms. The Hall–Kier alpha value is -3.31. The summed E-state index contributed by atoms with van der Waals surface area (Å²) >= 11 is 6.09. The fourth-order valence-electron chi connectivity index (χ4n) is 2.53. The van der Waals surface area contributed by atoms with Crippen molar-refractivity contribution in [2.75, 3.05) is 5.32 Å². The molecule has 0 radical (unpaired) electrons. The van der Waals surface area contributed by atoms with E-state index in [4.69, 9.17) is 11.6 Å². The van der Waals surface area contributed by atoms with Gasteiger partial charge in [0, 0.05) is 17.3 Å². The Morgan fingerprint density at radius 2 is 1.50 bits per heavy atom. The van der Waals surface area contributed by atoms with Crippen LogP contribution in [0.4, 0.5) is 11.4 Å². The second-order valence-corrected chi connectivity index (χ2v) is 5.92. The minimum atomic E-state index is -1.20. The second-order valence-electron chi connectivity index (χ2n) is 5.52. The van der Waals surface area contributed by atoms with Crippen molar-refractivity contribution >= 4 is 34.7 Å². The number of rotatable bonds is 5. The zero-order valence-electron chi connectivity index (χ0n) is 13.4. The highest BCUT2D eigenvalue weighted by atomic mass is 35.5. The third kappa shape index (κ3) is 3.53. The van der Waals surface area contributed by atoms with Crippen molar-refractivity contribution in [3.8, 4) is 5.75 Å². The van der Waals surface area contributed by atoms with Gasteiger partial charge < -0.3 is 15.5 Å². The lowest BCUT2D eigenvalue weighted by Crippen LogP contribution is -2.09. The highest BCUT2D eigenvalue weighted by Crippen LogP contribution is 2.29. The molecular weight excluding hydrogens is 354 g/mol. The molecule has 3 aromatic carbocycles. The van der Waals surface area contributed by atoms with E-state index < -0.39 is 11.8 Å². The molecule has 0 bridgehead atoms. The summed E-state index contributed by atoms with van der Waals surface area (Å²) in [4.78, 5) is 23.9. The van der Waals surface area contributed by atoms with Crippen LogP contribution in [0.3, 0.4) is 0 Å². The van der Waals surface area contributed by atoms with Crippen molar-refractivity contribution in [1.29, 1.82) is 0 Å². The van der Waals surface area contributed by atoms with Gasteiger partial charge in [-0.15, -0.1) is 0 Å². The first-order chi connectivity index (χ1) is 12.5. The lowest BCUT2D eigenvalue weighted by Gasteiger charge is -2.11. The molecule has 0 aliphatic carbocycles. The lowest BCUT2D eigenvalue weighted by molar-refractivity contribution is 0.0692. The number of phenolic OH excluding ortho intramolecular Hbond substituents is 1. The third-order valence-corrected chi connectivity index (χ3v) is 4.13. The number of hydrogen-bond acceptors (Lipinski definition) is 4. The van der Waals surface area contributed by atoms with Crippen LogP contribution in [-0.2, 0) is 0 Å². The summed E-state index contributed by atoms with van der Waals surface area (Å²) in [6, 6.07) is 17.4. The predicted molar refractivity (Wildman–Crippen MR) is 99.7 cm³/mol. The largest absolute Gasteiger partial charge is 0.507 e. The summed E-state index contributed by atoms with van der Waals surface area (Å²) in [6.07, 6.45) is 0. The van der Waals surface area contributed by atoms with Crippen LogP contribution in [0.2, 0.25) is 5.02 Å². The van der Waals surface area contributed by atoms with E-state index in [0.29, 0.717) is 16.4 Å². The first kappa shape index (κ1) is 17.5. The molecule has 3 N–H and O–H groups in total. The van der Waals surface area contributed by atoms with Gasteiger partial charge >= 0.3 is 5.97 Å². The number of carbonyl (C=O) groups excluding carboxylic acids is 1. The first-order valence-electron chi connectivity index (χ1n) is 7.69. The number of carboxylic acids is 1. The van der Waals surface area contributed by atoms with Gasteiger partial charge in [0.05, 0.1) is 21.8 Å². The maximum absolute atomic E-state index is 12.7. The quantitative estimate of drug-likeness (QED) is 0.568. The van der Waals surface area contributed by atoms with Crippen LogP contribution in [-0.4, -0.2) is 22.0 Å². The molecule has 3 aromatic rings. The Balaban J connectivity index is 1.92. The average Bonchev–Trinajstić information content (AvgIpc) is 2.63. The summed E-state index contributed by atoms with van der Waals surface area (Å²) in [5, 5.41) is 23.1. The molecule has 0 aliphatic heterocycles. The fraction of sp³-hybridized carbons (Fsp3) is 0. The number of nitrogens with one attached hydrogen (secondary N) is 1. The molecule has 3 rings (SSSR count). The van der Waals surface area contributed by atoms with E-state index >= 15 is 0 Å². The molecule has 0 aliphatic rings. The smallest absolute Gasteiger partial charge is 0.336 e. The number of halogens is 1. The highest BCUT2D eigenvalue weighted by molar-refractivity contribution is 6.33. The van der Waals surface area contributed by atoms with Gasteiger partial charge in [-0.05, 0) is 30.3 Å². The number of ketones is 1. The van der Waals surface area contributed by atoms with Gasteiger partial charge in [-0.1, -0.05) is 41.9 Å². The van der Waals surface area contributed by atoms with Gasteiger partial charge in [-0.2, -0.15) is 0 Å². The zero-order valence-corrected chi connectivity index (χ0v) is 14.2. The Labute approximate surface area is 154 Å². The molecule has 0 atom stereocenters. The van der Waals surface area contributed by atoms with E-state index in [0.717, 1.165) is 0 Å². The Bertz CT molecular complexity index is 1000. The minimum absolute atomic E-state index is 0.0158. The first-order valence-corrected chi connectivity index (χ1v) is 8.07. The predicted octanol–water partition coefficient (Wildman–Crippen LogP) is 4.72. The number of hydrogen-bond donors (Lipinski definition) is 3. The topological polar surface area (TPSA) is 86.6 Å². The number of benzene rings is 3. The zero-order chi connectivity index (χ0) is 18.7. The molecule has 26 heavy (non-hydrogen) atoms. The van der Waals surface area contributed by atoms with Crippen LogP contribution in [0.15, 0.2) is 66.7 Å². The van der Waals surface area contributed by atoms with Gasteiger partial charge in [0.25, 0.3) is 0 Å². The van der Waals surface area contributed by atoms with Gasteiger partial charge in [-0.3, -0.25) is 4.79 Å². The summed E-state index contributed by atoms with van der Waals surface area (Å²) in [6.45, 7) is 0. The molecule has 0 aromatic heterocycles. The fourth-order valence-corrected chi connectivity index (χ4v) is 2.72. The van der Waals surface area contributed by atoms with Crippen molar-refractivity contribution in [1.82, 2.24) is 0 Å². The van der Waals surface area contributed by atoms with Crippen LogP contribution in [0.5, 0.6) is 5.75 Å². The van der Waals surface area contributed by atoms with E-state index in [2.05, 4.69) is 5.32 Å². The maximum atomic E-state index is 12.7. The number of phenols is 1.